The average molecular weight is 401 g/mol. The quantitative estimate of drug-likeness (QED) is 0.498. The van der Waals surface area contributed by atoms with Crippen molar-refractivity contribution in [2.75, 3.05) is 14.2 Å². The number of imidazole rings is 1. The monoisotopic (exact) mass is 401 g/mol. The van der Waals surface area contributed by atoms with Gasteiger partial charge in [-0.05, 0) is 53.6 Å². The van der Waals surface area contributed by atoms with Gasteiger partial charge >= 0.3 is 0 Å². The minimum atomic E-state index is -0.0434. The molecule has 0 aliphatic carbocycles. The molecular formula is C24H23N3O3. The number of nitrogens with zero attached hydrogens (tertiary/aromatic N) is 2. The summed E-state index contributed by atoms with van der Waals surface area (Å²) >= 11 is 0. The second-order valence-electron chi connectivity index (χ2n) is 6.99. The Bertz CT molecular complexity index is 1090. The van der Waals surface area contributed by atoms with E-state index in [1.165, 1.54) is 0 Å². The average Bonchev–Trinajstić information content (AvgIpc) is 3.27. The van der Waals surface area contributed by atoms with Crippen molar-refractivity contribution in [1.29, 1.82) is 0 Å². The Kier molecular flexibility index (Phi) is 5.66. The number of fused-ring (bicyclic) bond motifs is 1. The number of aromatic amines is 1. The zero-order valence-corrected chi connectivity index (χ0v) is 17.0. The van der Waals surface area contributed by atoms with Crippen molar-refractivity contribution in [3.05, 3.63) is 89.7 Å². The Hall–Kier alpha value is -3.80. The van der Waals surface area contributed by atoms with E-state index in [0.29, 0.717) is 18.7 Å². The van der Waals surface area contributed by atoms with Gasteiger partial charge in [-0.2, -0.15) is 0 Å². The van der Waals surface area contributed by atoms with E-state index < -0.39 is 0 Å². The lowest BCUT2D eigenvalue weighted by molar-refractivity contribution is 0.0730. The summed E-state index contributed by atoms with van der Waals surface area (Å²) in [5.41, 5.74) is 4.35. The topological polar surface area (TPSA) is 67.5 Å². The fraction of sp³-hybridized carbons (Fsp3) is 0.167. The zero-order valence-electron chi connectivity index (χ0n) is 17.0. The molecule has 0 saturated heterocycles. The van der Waals surface area contributed by atoms with Gasteiger partial charge in [0, 0.05) is 18.7 Å². The lowest BCUT2D eigenvalue weighted by atomic mass is 10.1. The summed E-state index contributed by atoms with van der Waals surface area (Å²) in [6.45, 7) is 0.964. The first-order valence-electron chi connectivity index (χ1n) is 9.64. The van der Waals surface area contributed by atoms with Crippen LogP contribution in [0.5, 0.6) is 11.5 Å². The highest BCUT2D eigenvalue weighted by molar-refractivity contribution is 5.97. The van der Waals surface area contributed by atoms with Crippen molar-refractivity contribution < 1.29 is 14.3 Å². The highest BCUT2D eigenvalue weighted by Crippen LogP contribution is 2.20. The molecule has 0 bridgehead atoms. The van der Waals surface area contributed by atoms with Crippen LogP contribution in [0.2, 0.25) is 0 Å². The molecule has 152 valence electrons. The second-order valence-corrected chi connectivity index (χ2v) is 6.99. The SMILES string of the molecule is COc1ccc(CN(Cc2ccc(OC)cc2)C(=O)c2ccc3nc[nH]c3c2)cc1. The second kappa shape index (κ2) is 8.69. The molecule has 0 radical (unpaired) electrons. The summed E-state index contributed by atoms with van der Waals surface area (Å²) in [6.07, 6.45) is 1.63. The summed E-state index contributed by atoms with van der Waals surface area (Å²) in [5, 5.41) is 0. The minimum Gasteiger partial charge on any atom is -0.497 e. The van der Waals surface area contributed by atoms with Gasteiger partial charge in [-0.25, -0.2) is 4.98 Å². The number of rotatable bonds is 7. The number of nitrogens with one attached hydrogen (secondary N) is 1. The summed E-state index contributed by atoms with van der Waals surface area (Å²) in [7, 11) is 3.28. The molecular weight excluding hydrogens is 378 g/mol. The van der Waals surface area contributed by atoms with E-state index in [4.69, 9.17) is 9.47 Å². The van der Waals surface area contributed by atoms with Gasteiger partial charge in [0.25, 0.3) is 5.91 Å². The van der Waals surface area contributed by atoms with Crippen LogP contribution < -0.4 is 9.47 Å². The number of hydrogen-bond acceptors (Lipinski definition) is 4. The van der Waals surface area contributed by atoms with Crippen LogP contribution in [-0.4, -0.2) is 35.0 Å². The summed E-state index contributed by atoms with van der Waals surface area (Å²) in [5.74, 6) is 1.53. The van der Waals surface area contributed by atoms with Crippen molar-refractivity contribution in [2.24, 2.45) is 0 Å². The Balaban J connectivity index is 1.62. The number of H-pyrrole nitrogens is 1. The fourth-order valence-electron chi connectivity index (χ4n) is 3.35. The smallest absolute Gasteiger partial charge is 0.254 e. The number of methoxy groups -OCH3 is 2. The van der Waals surface area contributed by atoms with Gasteiger partial charge < -0.3 is 19.4 Å². The van der Waals surface area contributed by atoms with Crippen LogP contribution in [0.4, 0.5) is 0 Å². The van der Waals surface area contributed by atoms with E-state index >= 15 is 0 Å². The van der Waals surface area contributed by atoms with Crippen LogP contribution >= 0.6 is 0 Å². The van der Waals surface area contributed by atoms with E-state index in [9.17, 15) is 4.79 Å². The van der Waals surface area contributed by atoms with Gasteiger partial charge in [-0.3, -0.25) is 4.79 Å². The molecule has 0 atom stereocenters. The molecule has 4 aromatic rings. The van der Waals surface area contributed by atoms with Gasteiger partial charge in [0.15, 0.2) is 0 Å². The molecule has 4 rings (SSSR count). The van der Waals surface area contributed by atoms with Gasteiger partial charge in [0.1, 0.15) is 11.5 Å². The molecule has 1 aromatic heterocycles. The molecule has 1 heterocycles. The maximum absolute atomic E-state index is 13.4. The number of ether oxygens (including phenoxy) is 2. The van der Waals surface area contributed by atoms with E-state index in [1.807, 2.05) is 71.6 Å². The Morgan fingerprint density at radius 2 is 1.43 bits per heavy atom. The fourth-order valence-corrected chi connectivity index (χ4v) is 3.35. The maximum atomic E-state index is 13.4. The van der Waals surface area contributed by atoms with Gasteiger partial charge in [-0.1, -0.05) is 24.3 Å². The van der Waals surface area contributed by atoms with Crippen molar-refractivity contribution >= 4 is 16.9 Å². The summed E-state index contributed by atoms with van der Waals surface area (Å²) in [6, 6.07) is 21.1. The molecule has 6 heteroatoms. The number of carbonyl (C=O) groups is 1. The Labute approximate surface area is 175 Å². The van der Waals surface area contributed by atoms with Crippen LogP contribution in [-0.2, 0) is 13.1 Å². The molecule has 0 spiro atoms. The molecule has 0 aliphatic heterocycles. The Morgan fingerprint density at radius 3 is 1.97 bits per heavy atom. The van der Waals surface area contributed by atoms with Gasteiger partial charge in [-0.15, -0.1) is 0 Å². The molecule has 0 fully saturated rings. The van der Waals surface area contributed by atoms with Crippen LogP contribution in [0.1, 0.15) is 21.5 Å². The van der Waals surface area contributed by atoms with Crippen molar-refractivity contribution in [2.45, 2.75) is 13.1 Å². The predicted octanol–water partition coefficient (Wildman–Crippen LogP) is 4.42. The van der Waals surface area contributed by atoms with E-state index in [1.54, 1.807) is 20.5 Å². The third kappa shape index (κ3) is 4.27. The van der Waals surface area contributed by atoms with E-state index in [-0.39, 0.29) is 5.91 Å². The van der Waals surface area contributed by atoms with Crippen molar-refractivity contribution in [3.63, 3.8) is 0 Å². The van der Waals surface area contributed by atoms with Crippen molar-refractivity contribution in [1.82, 2.24) is 14.9 Å². The number of carbonyl (C=O) groups excluding carboxylic acids is 1. The largest absolute Gasteiger partial charge is 0.497 e. The minimum absolute atomic E-state index is 0.0434. The molecule has 0 saturated carbocycles. The third-order valence-corrected chi connectivity index (χ3v) is 5.02. The first-order valence-corrected chi connectivity index (χ1v) is 9.64. The highest BCUT2D eigenvalue weighted by Gasteiger charge is 2.18. The summed E-state index contributed by atoms with van der Waals surface area (Å²) in [4.78, 5) is 22.5. The number of hydrogen-bond donors (Lipinski definition) is 1. The summed E-state index contributed by atoms with van der Waals surface area (Å²) < 4.78 is 10.5. The third-order valence-electron chi connectivity index (χ3n) is 5.02. The lowest BCUT2D eigenvalue weighted by Crippen LogP contribution is -2.30. The Morgan fingerprint density at radius 1 is 0.867 bits per heavy atom. The van der Waals surface area contributed by atoms with E-state index in [0.717, 1.165) is 33.7 Å². The molecule has 6 nitrogen and oxygen atoms in total. The first-order chi connectivity index (χ1) is 14.7. The molecule has 1 amide bonds. The van der Waals surface area contributed by atoms with Crippen LogP contribution in [0.3, 0.4) is 0 Å². The number of amides is 1. The zero-order chi connectivity index (χ0) is 20.9. The van der Waals surface area contributed by atoms with Gasteiger partial charge in [0.05, 0.1) is 31.6 Å². The van der Waals surface area contributed by atoms with Gasteiger partial charge in [0.2, 0.25) is 0 Å². The molecule has 0 aliphatic rings. The van der Waals surface area contributed by atoms with Crippen LogP contribution in [0.25, 0.3) is 11.0 Å². The van der Waals surface area contributed by atoms with Crippen LogP contribution in [0.15, 0.2) is 73.1 Å². The molecule has 0 unspecified atom stereocenters. The standard InChI is InChI=1S/C24H23N3O3/c1-29-20-8-3-17(4-9-20)14-27(15-18-5-10-21(30-2)11-6-18)24(28)19-7-12-22-23(13-19)26-16-25-22/h3-13,16H,14-15H2,1-2H3,(H,25,26). The predicted molar refractivity (Wildman–Crippen MR) is 116 cm³/mol. The first kappa shape index (κ1) is 19.5. The molecule has 30 heavy (non-hydrogen) atoms. The van der Waals surface area contributed by atoms with Crippen LogP contribution in [0, 0.1) is 0 Å². The normalized spacial score (nSPS) is 10.7. The maximum Gasteiger partial charge on any atom is 0.254 e. The number of aromatic nitrogens is 2. The number of benzene rings is 3. The highest BCUT2D eigenvalue weighted by atomic mass is 16.5. The molecule has 3 aromatic carbocycles. The lowest BCUT2D eigenvalue weighted by Gasteiger charge is -2.23. The van der Waals surface area contributed by atoms with E-state index in [2.05, 4.69) is 9.97 Å². The molecule has 1 N–H and O–H groups in total. The van der Waals surface area contributed by atoms with Crippen molar-refractivity contribution in [3.8, 4) is 11.5 Å².